The Morgan fingerprint density at radius 1 is 0.705 bits per heavy atom. The second kappa shape index (κ2) is 10.1. The van der Waals surface area contributed by atoms with Crippen LogP contribution in [0.3, 0.4) is 0 Å². The lowest BCUT2D eigenvalue weighted by Crippen LogP contribution is -2.41. The summed E-state index contributed by atoms with van der Waals surface area (Å²) in [7, 11) is -9.62. The van der Waals surface area contributed by atoms with Gasteiger partial charge in [0.15, 0.2) is 0 Å². The molecule has 2 N–H and O–H groups in total. The summed E-state index contributed by atoms with van der Waals surface area (Å²) in [6.45, 7) is 3.96. The van der Waals surface area contributed by atoms with E-state index in [1.54, 1.807) is 0 Å². The second-order valence-electron chi connectivity index (χ2n) is 12.7. The number of ether oxygens (including phenoxy) is 1. The summed E-state index contributed by atoms with van der Waals surface area (Å²) < 4.78 is 79.7. The van der Waals surface area contributed by atoms with Crippen molar-refractivity contribution in [3.05, 3.63) is 74.3 Å². The highest BCUT2D eigenvalue weighted by Gasteiger charge is 2.36. The first-order valence-electron chi connectivity index (χ1n) is 15.6. The SMILES string of the molecule is O=S(=O)(O)c1ccc(C2=c3cc4c5c(c3Oc3c2cc2c6c3CCCN6CCCC2)CCC[N+]=5CCCC4)c(S(=O)(=O)O)c1. The number of rotatable bonds is 3. The van der Waals surface area contributed by atoms with Gasteiger partial charge in [-0.15, -0.1) is 0 Å². The van der Waals surface area contributed by atoms with Crippen LogP contribution in [-0.2, 0) is 45.9 Å². The molecular formula is C33H35N2O7S2+. The van der Waals surface area contributed by atoms with Gasteiger partial charge in [0.05, 0.1) is 10.5 Å². The van der Waals surface area contributed by atoms with Crippen LogP contribution >= 0.6 is 0 Å². The fourth-order valence-corrected chi connectivity index (χ4v) is 9.51. The van der Waals surface area contributed by atoms with Crippen molar-refractivity contribution in [3.8, 4) is 11.5 Å². The normalized spacial score (nSPS) is 19.2. The summed E-state index contributed by atoms with van der Waals surface area (Å²) in [5, 5.41) is 1.99. The van der Waals surface area contributed by atoms with Crippen LogP contribution in [0.2, 0.25) is 0 Å². The van der Waals surface area contributed by atoms with Crippen LogP contribution < -0.4 is 24.8 Å². The summed E-state index contributed by atoms with van der Waals surface area (Å²) in [6.07, 6.45) is 9.70. The van der Waals surface area contributed by atoms with E-state index in [0.29, 0.717) is 5.57 Å². The van der Waals surface area contributed by atoms with Gasteiger partial charge in [-0.25, -0.2) is 4.58 Å². The molecule has 9 nitrogen and oxygen atoms in total. The number of hydrogen-bond donors (Lipinski definition) is 2. The lowest BCUT2D eigenvalue weighted by atomic mass is 9.84. The second-order valence-corrected chi connectivity index (χ2v) is 15.5. The van der Waals surface area contributed by atoms with E-state index in [1.165, 1.54) is 34.3 Å². The van der Waals surface area contributed by atoms with E-state index < -0.39 is 30.0 Å². The third-order valence-corrected chi connectivity index (χ3v) is 11.7. The average molecular weight is 636 g/mol. The highest BCUT2D eigenvalue weighted by Crippen LogP contribution is 2.48. The van der Waals surface area contributed by atoms with Gasteiger partial charge in [0.25, 0.3) is 20.2 Å². The third kappa shape index (κ3) is 4.42. The average Bonchev–Trinajstić information content (AvgIpc) is 3.33. The van der Waals surface area contributed by atoms with Crippen LogP contribution in [0.4, 0.5) is 5.69 Å². The summed E-state index contributed by atoms with van der Waals surface area (Å²) in [6, 6.07) is 7.71. The molecule has 3 aromatic carbocycles. The van der Waals surface area contributed by atoms with Crippen molar-refractivity contribution < 1.29 is 30.7 Å². The summed E-state index contributed by atoms with van der Waals surface area (Å²) >= 11 is 0. The van der Waals surface area contributed by atoms with E-state index in [9.17, 15) is 25.9 Å². The molecule has 0 atom stereocenters. The van der Waals surface area contributed by atoms with Crippen molar-refractivity contribution in [1.82, 2.24) is 4.58 Å². The number of aryl methyl sites for hydroxylation is 2. The van der Waals surface area contributed by atoms with Crippen molar-refractivity contribution >= 4 is 31.5 Å². The van der Waals surface area contributed by atoms with Crippen LogP contribution in [0.15, 0.2) is 40.1 Å². The maximum absolute atomic E-state index is 12.9. The molecule has 3 aromatic rings. The maximum atomic E-state index is 12.9. The molecular weight excluding hydrogens is 601 g/mol. The van der Waals surface area contributed by atoms with Crippen LogP contribution in [-0.4, -0.2) is 52.1 Å². The topological polar surface area (TPSA) is 124 Å². The molecule has 0 fully saturated rings. The highest BCUT2D eigenvalue weighted by atomic mass is 32.2. The van der Waals surface area contributed by atoms with Crippen molar-refractivity contribution in [2.24, 2.45) is 0 Å². The molecule has 5 heterocycles. The molecule has 11 heteroatoms. The van der Waals surface area contributed by atoms with Crippen molar-refractivity contribution in [1.29, 1.82) is 0 Å². The zero-order valence-electron chi connectivity index (χ0n) is 24.4. The van der Waals surface area contributed by atoms with Crippen LogP contribution in [0.5, 0.6) is 11.5 Å². The first-order chi connectivity index (χ1) is 21.1. The monoisotopic (exact) mass is 635 g/mol. The third-order valence-electron chi connectivity index (χ3n) is 9.99. The van der Waals surface area contributed by atoms with E-state index in [-0.39, 0.29) is 5.56 Å². The predicted molar refractivity (Wildman–Crippen MR) is 166 cm³/mol. The number of hydrogen-bond acceptors (Lipinski definition) is 6. The molecule has 0 radical (unpaired) electrons. The standard InChI is InChI=1S/C33H34N2O7S2/c36-43(37,38)22-11-12-23(28(19-22)44(39,40)41)29-26-17-20-7-1-3-13-34-15-5-9-24(30(20)34)32(26)42-33-25-10-6-16-35-14-4-2-8-21(31(25)35)18-27(29)33/h11-12,17-19H,1-10,13-16H2,(H-,36,37,38,39,40,41)/p+1. The van der Waals surface area contributed by atoms with Gasteiger partial charge in [-0.2, -0.15) is 16.8 Å². The fraction of sp³-hybridized carbons (Fsp3) is 0.424. The van der Waals surface area contributed by atoms with E-state index in [4.69, 9.17) is 4.74 Å². The van der Waals surface area contributed by atoms with Gasteiger partial charge >= 0.3 is 0 Å². The van der Waals surface area contributed by atoms with Crippen molar-refractivity contribution in [2.75, 3.05) is 31.1 Å². The van der Waals surface area contributed by atoms with E-state index in [1.807, 2.05) is 0 Å². The van der Waals surface area contributed by atoms with Gasteiger partial charge in [-0.05, 0) is 81.2 Å². The zero-order valence-corrected chi connectivity index (χ0v) is 26.1. The number of fused-ring (bicyclic) bond motifs is 4. The molecule has 0 aliphatic carbocycles. The molecule has 230 valence electrons. The van der Waals surface area contributed by atoms with E-state index in [0.717, 1.165) is 130 Å². The molecule has 44 heavy (non-hydrogen) atoms. The molecule has 0 aromatic heterocycles. The van der Waals surface area contributed by atoms with Gasteiger partial charge < -0.3 is 9.64 Å². The highest BCUT2D eigenvalue weighted by molar-refractivity contribution is 7.86. The number of benzene rings is 3. The van der Waals surface area contributed by atoms with Crippen molar-refractivity contribution in [3.63, 3.8) is 0 Å². The molecule has 0 amide bonds. The maximum Gasteiger partial charge on any atom is 0.295 e. The largest absolute Gasteiger partial charge is 0.455 e. The van der Waals surface area contributed by atoms with Gasteiger partial charge in [-0.3, -0.25) is 9.11 Å². The summed E-state index contributed by atoms with van der Waals surface area (Å²) in [5.74, 6) is 1.44. The smallest absolute Gasteiger partial charge is 0.295 e. The van der Waals surface area contributed by atoms with Gasteiger partial charge in [0.2, 0.25) is 5.36 Å². The fourth-order valence-electron chi connectivity index (χ4n) is 8.20. The Bertz CT molecular complexity index is 2120. The van der Waals surface area contributed by atoms with E-state index in [2.05, 4.69) is 21.6 Å². The van der Waals surface area contributed by atoms with E-state index >= 15 is 0 Å². The number of nitrogens with zero attached hydrogens (tertiary/aromatic N) is 2. The zero-order chi connectivity index (χ0) is 30.4. The minimum absolute atomic E-state index is 0.188. The Morgan fingerprint density at radius 2 is 1.45 bits per heavy atom. The Hall–Kier alpha value is -3.25. The van der Waals surface area contributed by atoms with Gasteiger partial charge in [-0.1, -0.05) is 6.07 Å². The Labute approximate surface area is 257 Å². The lowest BCUT2D eigenvalue weighted by Gasteiger charge is -2.35. The van der Waals surface area contributed by atoms with Gasteiger partial charge in [0, 0.05) is 64.7 Å². The number of anilines is 1. The first-order valence-corrected chi connectivity index (χ1v) is 18.5. The minimum atomic E-state index is -4.90. The molecule has 0 bridgehead atoms. The Morgan fingerprint density at radius 3 is 2.27 bits per heavy atom. The summed E-state index contributed by atoms with van der Waals surface area (Å²) in [4.78, 5) is 1.31. The van der Waals surface area contributed by atoms with Gasteiger partial charge in [0.1, 0.15) is 29.5 Å². The Balaban J connectivity index is 1.55. The predicted octanol–water partition coefficient (Wildman–Crippen LogP) is 3.40. The van der Waals surface area contributed by atoms with Crippen LogP contribution in [0.25, 0.3) is 5.57 Å². The van der Waals surface area contributed by atoms with Crippen molar-refractivity contribution in [2.45, 2.75) is 74.0 Å². The minimum Gasteiger partial charge on any atom is -0.455 e. The lowest BCUT2D eigenvalue weighted by molar-refractivity contribution is 0.442. The molecule has 5 aliphatic heterocycles. The molecule has 0 unspecified atom stereocenters. The quantitative estimate of drug-likeness (QED) is 0.260. The van der Waals surface area contributed by atoms with Crippen LogP contribution in [0.1, 0.15) is 71.9 Å². The molecule has 0 saturated heterocycles. The molecule has 8 rings (SSSR count). The molecule has 0 saturated carbocycles. The Kier molecular flexibility index (Phi) is 6.50. The molecule has 0 spiro atoms. The first kappa shape index (κ1) is 28.2. The van der Waals surface area contributed by atoms with Crippen LogP contribution in [0, 0.1) is 0 Å². The molecule has 5 aliphatic rings. The summed E-state index contributed by atoms with van der Waals surface area (Å²) in [5.41, 5.74) is 7.45.